The van der Waals surface area contributed by atoms with Gasteiger partial charge in [0.15, 0.2) is 9.84 Å². The molecule has 30 heavy (non-hydrogen) atoms. The molecule has 1 atom stereocenters. The number of ether oxygens (including phenoxy) is 1. The first kappa shape index (κ1) is 19.4. The molecule has 0 radical (unpaired) electrons. The van der Waals surface area contributed by atoms with E-state index in [1.807, 2.05) is 25.3 Å². The van der Waals surface area contributed by atoms with Gasteiger partial charge in [0.05, 0.1) is 35.5 Å². The second-order valence-corrected chi connectivity index (χ2v) is 10.7. The molecule has 2 aliphatic heterocycles. The number of aromatic nitrogens is 2. The number of benzene rings is 1. The van der Waals surface area contributed by atoms with E-state index in [1.54, 1.807) is 10.9 Å². The molecule has 160 valence electrons. The van der Waals surface area contributed by atoms with Crippen LogP contribution in [0.15, 0.2) is 24.5 Å². The first-order valence-electron chi connectivity index (χ1n) is 10.4. The number of carboxylic acid groups (broad SMARTS) is 1. The quantitative estimate of drug-likeness (QED) is 0.797. The molecule has 0 spiro atoms. The molecule has 9 heteroatoms. The van der Waals surface area contributed by atoms with Gasteiger partial charge in [0.25, 0.3) is 0 Å². The van der Waals surface area contributed by atoms with E-state index in [0.29, 0.717) is 5.69 Å². The predicted molar refractivity (Wildman–Crippen MR) is 112 cm³/mol. The monoisotopic (exact) mass is 431 g/mol. The maximum Gasteiger partial charge on any atom is 0.412 e. The van der Waals surface area contributed by atoms with Crippen molar-refractivity contribution in [2.24, 2.45) is 0 Å². The van der Waals surface area contributed by atoms with Gasteiger partial charge in [-0.3, -0.25) is 9.58 Å². The van der Waals surface area contributed by atoms with Crippen molar-refractivity contribution < 1.29 is 23.1 Å². The van der Waals surface area contributed by atoms with Crippen LogP contribution in [0.1, 0.15) is 44.2 Å². The summed E-state index contributed by atoms with van der Waals surface area (Å²) in [5, 5.41) is 14.1. The largest absolute Gasteiger partial charge is 0.489 e. The predicted octanol–water partition coefficient (Wildman–Crippen LogP) is 3.27. The fourth-order valence-electron chi connectivity index (χ4n) is 4.48. The molecule has 3 aliphatic rings. The Balaban J connectivity index is 1.55. The van der Waals surface area contributed by atoms with Crippen molar-refractivity contribution in [1.29, 1.82) is 0 Å². The van der Waals surface area contributed by atoms with Gasteiger partial charge in [-0.25, -0.2) is 13.2 Å². The average molecular weight is 432 g/mol. The van der Waals surface area contributed by atoms with Crippen molar-refractivity contribution in [3.63, 3.8) is 0 Å². The van der Waals surface area contributed by atoms with Crippen LogP contribution in [0, 0.1) is 0 Å². The van der Waals surface area contributed by atoms with E-state index in [9.17, 15) is 18.3 Å². The SMILES string of the molecule is C[C@H]1CCc2c(ccc(-c3cnn(C4CS(=O)(=O)C4)c3)c2OC2CCC2)N1C(=O)O. The lowest BCUT2D eigenvalue weighted by Crippen LogP contribution is -2.41. The summed E-state index contributed by atoms with van der Waals surface area (Å²) in [6, 6.07) is 3.55. The van der Waals surface area contributed by atoms with E-state index in [0.717, 1.165) is 54.5 Å². The van der Waals surface area contributed by atoms with E-state index in [2.05, 4.69) is 5.10 Å². The molecule has 3 heterocycles. The minimum absolute atomic E-state index is 0.0827. The number of hydrogen-bond acceptors (Lipinski definition) is 5. The van der Waals surface area contributed by atoms with Crippen LogP contribution in [-0.2, 0) is 16.3 Å². The lowest BCUT2D eigenvalue weighted by atomic mass is 9.91. The average Bonchev–Trinajstić information content (AvgIpc) is 3.11. The van der Waals surface area contributed by atoms with Crippen LogP contribution in [0.2, 0.25) is 0 Å². The zero-order chi connectivity index (χ0) is 21.0. The molecular weight excluding hydrogens is 406 g/mol. The normalized spacial score (nSPS) is 23.4. The fourth-order valence-corrected chi connectivity index (χ4v) is 5.86. The molecule has 1 saturated carbocycles. The van der Waals surface area contributed by atoms with Crippen molar-refractivity contribution in [3.05, 3.63) is 30.1 Å². The molecule has 0 bridgehead atoms. The number of fused-ring (bicyclic) bond motifs is 1. The highest BCUT2D eigenvalue weighted by atomic mass is 32.2. The third kappa shape index (κ3) is 3.25. The minimum Gasteiger partial charge on any atom is -0.489 e. The Morgan fingerprint density at radius 2 is 2.00 bits per heavy atom. The van der Waals surface area contributed by atoms with Crippen molar-refractivity contribution in [2.75, 3.05) is 16.4 Å². The molecule has 1 aromatic heterocycles. The molecule has 5 rings (SSSR count). The van der Waals surface area contributed by atoms with Gasteiger partial charge in [-0.05, 0) is 51.2 Å². The summed E-state index contributed by atoms with van der Waals surface area (Å²) in [6.45, 7) is 1.92. The van der Waals surface area contributed by atoms with Crippen LogP contribution in [0.5, 0.6) is 5.75 Å². The Morgan fingerprint density at radius 3 is 2.63 bits per heavy atom. The molecule has 1 N–H and O–H groups in total. The number of hydrogen-bond donors (Lipinski definition) is 1. The van der Waals surface area contributed by atoms with Crippen molar-refractivity contribution >= 4 is 21.6 Å². The summed E-state index contributed by atoms with van der Waals surface area (Å²) >= 11 is 0. The minimum atomic E-state index is -2.93. The van der Waals surface area contributed by atoms with Gasteiger partial charge in [0.1, 0.15) is 5.75 Å². The number of amides is 1. The van der Waals surface area contributed by atoms with Crippen molar-refractivity contribution in [1.82, 2.24) is 9.78 Å². The maximum absolute atomic E-state index is 11.9. The highest BCUT2D eigenvalue weighted by Crippen LogP contribution is 2.44. The number of nitrogens with zero attached hydrogens (tertiary/aromatic N) is 3. The highest BCUT2D eigenvalue weighted by Gasteiger charge is 2.36. The standard InChI is InChI=1S/C21H25N3O5S/c1-13-5-6-18-19(24(13)21(25)26)8-7-17(20(18)29-16-3-2-4-16)14-9-22-23(10-14)15-11-30(27,28)12-15/h7-10,13,15-16H,2-6,11-12H2,1H3,(H,25,26)/t13-/m0/s1. The van der Waals surface area contributed by atoms with Gasteiger partial charge in [-0.2, -0.15) is 5.10 Å². The molecule has 2 aromatic rings. The zero-order valence-corrected chi connectivity index (χ0v) is 17.6. The third-order valence-corrected chi connectivity index (χ3v) is 8.26. The van der Waals surface area contributed by atoms with E-state index in [4.69, 9.17) is 4.74 Å². The van der Waals surface area contributed by atoms with Gasteiger partial charge in [-0.1, -0.05) is 0 Å². The Bertz CT molecular complexity index is 1090. The lowest BCUT2D eigenvalue weighted by molar-refractivity contribution is 0.119. The molecule has 1 saturated heterocycles. The van der Waals surface area contributed by atoms with Crippen LogP contribution < -0.4 is 9.64 Å². The van der Waals surface area contributed by atoms with Gasteiger partial charge < -0.3 is 9.84 Å². The summed E-state index contributed by atoms with van der Waals surface area (Å²) in [6.07, 6.45) is 7.44. The summed E-state index contributed by atoms with van der Waals surface area (Å²) in [5.74, 6) is 0.987. The molecule has 2 fully saturated rings. The molecule has 1 amide bonds. The highest BCUT2D eigenvalue weighted by molar-refractivity contribution is 7.92. The van der Waals surface area contributed by atoms with Crippen molar-refractivity contribution in [2.45, 2.75) is 57.2 Å². The van der Waals surface area contributed by atoms with Gasteiger partial charge >= 0.3 is 6.09 Å². The summed E-state index contributed by atoms with van der Waals surface area (Å²) in [7, 11) is -2.93. The second kappa shape index (κ2) is 7.01. The van der Waals surface area contributed by atoms with E-state index >= 15 is 0 Å². The first-order valence-corrected chi connectivity index (χ1v) is 12.2. The molecular formula is C21H25N3O5S. The Labute approximate surface area is 175 Å². The van der Waals surface area contributed by atoms with Crippen molar-refractivity contribution in [3.8, 4) is 16.9 Å². The summed E-state index contributed by atoms with van der Waals surface area (Å²) < 4.78 is 31.1. The molecule has 8 nitrogen and oxygen atoms in total. The van der Waals surface area contributed by atoms with Gasteiger partial charge in [0.2, 0.25) is 0 Å². The maximum atomic E-state index is 11.9. The molecule has 1 aromatic carbocycles. The Morgan fingerprint density at radius 1 is 1.23 bits per heavy atom. The van der Waals surface area contributed by atoms with Crippen LogP contribution >= 0.6 is 0 Å². The zero-order valence-electron chi connectivity index (χ0n) is 16.8. The second-order valence-electron chi connectivity index (χ2n) is 8.59. The summed E-state index contributed by atoms with van der Waals surface area (Å²) in [5.41, 5.74) is 3.36. The number of carbonyl (C=O) groups is 1. The molecule has 0 unspecified atom stereocenters. The van der Waals surface area contributed by atoms with Crippen LogP contribution in [-0.4, -0.2) is 53.0 Å². The number of anilines is 1. The Hall–Kier alpha value is -2.55. The summed E-state index contributed by atoms with van der Waals surface area (Å²) in [4.78, 5) is 13.3. The number of rotatable bonds is 4. The smallest absolute Gasteiger partial charge is 0.412 e. The van der Waals surface area contributed by atoms with Crippen LogP contribution in [0.4, 0.5) is 10.5 Å². The molecule has 1 aliphatic carbocycles. The third-order valence-electron chi connectivity index (χ3n) is 6.47. The lowest BCUT2D eigenvalue weighted by Gasteiger charge is -2.36. The van der Waals surface area contributed by atoms with Gasteiger partial charge in [0, 0.05) is 28.9 Å². The van der Waals surface area contributed by atoms with Crippen LogP contribution in [0.3, 0.4) is 0 Å². The topological polar surface area (TPSA) is 102 Å². The van der Waals surface area contributed by atoms with E-state index in [-0.39, 0.29) is 29.7 Å². The van der Waals surface area contributed by atoms with E-state index < -0.39 is 15.9 Å². The first-order chi connectivity index (χ1) is 14.3. The fraction of sp³-hybridized carbons (Fsp3) is 0.524. The van der Waals surface area contributed by atoms with Gasteiger partial charge in [-0.15, -0.1) is 0 Å². The van der Waals surface area contributed by atoms with Crippen LogP contribution in [0.25, 0.3) is 11.1 Å². The number of sulfone groups is 1. The Kier molecular flexibility index (Phi) is 4.53. The van der Waals surface area contributed by atoms with E-state index in [1.165, 1.54) is 4.90 Å².